The van der Waals surface area contributed by atoms with Crippen LogP contribution < -0.4 is 10.9 Å². The number of rotatable bonds is 5. The van der Waals surface area contributed by atoms with Crippen LogP contribution in [0.3, 0.4) is 0 Å². The van der Waals surface area contributed by atoms with Gasteiger partial charge in [-0.2, -0.15) is 4.98 Å². The van der Waals surface area contributed by atoms with E-state index in [4.69, 9.17) is 4.98 Å². The van der Waals surface area contributed by atoms with Crippen molar-refractivity contribution in [3.05, 3.63) is 89.2 Å². The van der Waals surface area contributed by atoms with Crippen molar-refractivity contribution in [3.8, 4) is 11.3 Å². The van der Waals surface area contributed by atoms with Crippen LogP contribution in [0.15, 0.2) is 78.1 Å². The Morgan fingerprint density at radius 2 is 1.78 bits per heavy atom. The van der Waals surface area contributed by atoms with Gasteiger partial charge in [-0.15, -0.1) is 0 Å². The molecule has 7 nitrogen and oxygen atoms in total. The molecule has 5 aromatic rings. The minimum absolute atomic E-state index is 0.178. The molecule has 0 aliphatic rings. The molecule has 0 saturated heterocycles. The first kappa shape index (κ1) is 20.1. The number of hydrogen-bond donors (Lipinski definition) is 1. The van der Waals surface area contributed by atoms with Gasteiger partial charge in [0.05, 0.1) is 17.3 Å². The van der Waals surface area contributed by atoms with Crippen LogP contribution in [-0.4, -0.2) is 30.2 Å². The monoisotopic (exact) mass is 440 g/mol. The maximum atomic E-state index is 12.6. The van der Waals surface area contributed by atoms with E-state index < -0.39 is 0 Å². The molecule has 8 heteroatoms. The van der Waals surface area contributed by atoms with E-state index in [2.05, 4.69) is 44.5 Å². The maximum absolute atomic E-state index is 12.6. The van der Waals surface area contributed by atoms with E-state index in [1.54, 1.807) is 3.97 Å². The molecule has 1 unspecified atom stereocenters. The van der Waals surface area contributed by atoms with Crippen LogP contribution in [0.1, 0.15) is 18.5 Å². The van der Waals surface area contributed by atoms with Crippen LogP contribution in [0.25, 0.3) is 33.2 Å². The molecule has 0 fully saturated rings. The molecule has 0 bridgehead atoms. The predicted octanol–water partition coefficient (Wildman–Crippen LogP) is 4.70. The largest absolute Gasteiger partial charge is 0.363 e. The number of pyridine rings is 1. The average molecular weight is 441 g/mol. The van der Waals surface area contributed by atoms with Gasteiger partial charge in [0.25, 0.3) is 5.56 Å². The predicted molar refractivity (Wildman–Crippen MR) is 130 cm³/mol. The van der Waals surface area contributed by atoms with E-state index in [0.29, 0.717) is 16.9 Å². The van der Waals surface area contributed by atoms with Crippen molar-refractivity contribution in [1.29, 1.82) is 0 Å². The normalized spacial score (nSPS) is 12.2. The Bertz CT molecular complexity index is 1490. The minimum Gasteiger partial charge on any atom is -0.363 e. The highest BCUT2D eigenvalue weighted by Crippen LogP contribution is 2.32. The first-order chi connectivity index (χ1) is 15.7. The van der Waals surface area contributed by atoms with Gasteiger partial charge in [0.15, 0.2) is 5.65 Å². The molecule has 158 valence electrons. The van der Waals surface area contributed by atoms with Crippen molar-refractivity contribution in [2.45, 2.75) is 13.0 Å². The summed E-state index contributed by atoms with van der Waals surface area (Å²) in [6.07, 6.45) is 4.84. The van der Waals surface area contributed by atoms with E-state index in [1.807, 2.05) is 49.6 Å². The summed E-state index contributed by atoms with van der Waals surface area (Å²) in [5, 5.41) is 4.83. The van der Waals surface area contributed by atoms with Gasteiger partial charge in [-0.25, -0.2) is 15.0 Å². The molecule has 0 spiro atoms. The molecule has 1 atom stereocenters. The third-order valence-electron chi connectivity index (χ3n) is 5.35. The zero-order valence-electron chi connectivity index (χ0n) is 17.6. The van der Waals surface area contributed by atoms with Crippen LogP contribution >= 0.6 is 11.9 Å². The lowest BCUT2D eigenvalue weighted by Crippen LogP contribution is -2.17. The maximum Gasteiger partial charge on any atom is 0.286 e. The number of aromatic nitrogens is 5. The number of nitrogens with zero attached hydrogens (tertiary/aromatic N) is 5. The Balaban J connectivity index is 1.65. The summed E-state index contributed by atoms with van der Waals surface area (Å²) in [4.78, 5) is 30.2. The average Bonchev–Trinajstić information content (AvgIpc) is 2.84. The molecule has 1 N–H and O–H groups in total. The summed E-state index contributed by atoms with van der Waals surface area (Å²) in [6, 6.07) is 20.1. The van der Waals surface area contributed by atoms with Crippen molar-refractivity contribution >= 4 is 39.7 Å². The van der Waals surface area contributed by atoms with Crippen LogP contribution in [0.2, 0.25) is 0 Å². The molecular weight excluding hydrogens is 420 g/mol. The van der Waals surface area contributed by atoms with Gasteiger partial charge in [-0.3, -0.25) is 8.77 Å². The fourth-order valence-corrected chi connectivity index (χ4v) is 4.23. The van der Waals surface area contributed by atoms with Crippen molar-refractivity contribution < 1.29 is 0 Å². The van der Waals surface area contributed by atoms with Gasteiger partial charge in [0, 0.05) is 22.8 Å². The van der Waals surface area contributed by atoms with Crippen LogP contribution in [0, 0.1) is 0 Å². The number of para-hydroxylation sites is 1. The molecule has 0 aliphatic carbocycles. The highest BCUT2D eigenvalue weighted by Gasteiger charge is 2.18. The van der Waals surface area contributed by atoms with Crippen molar-refractivity contribution in [3.63, 3.8) is 0 Å². The van der Waals surface area contributed by atoms with Gasteiger partial charge in [-0.1, -0.05) is 48.5 Å². The zero-order chi connectivity index (χ0) is 22.1. The smallest absolute Gasteiger partial charge is 0.286 e. The highest BCUT2D eigenvalue weighted by atomic mass is 32.2. The number of nitrogens with one attached hydrogen (secondary N) is 1. The summed E-state index contributed by atoms with van der Waals surface area (Å²) in [6.45, 7) is 2.04. The van der Waals surface area contributed by atoms with E-state index >= 15 is 0 Å². The lowest BCUT2D eigenvalue weighted by molar-refractivity contribution is 0.872. The van der Waals surface area contributed by atoms with Gasteiger partial charge in [-0.05, 0) is 31.0 Å². The Morgan fingerprint density at radius 1 is 1.00 bits per heavy atom. The highest BCUT2D eigenvalue weighted by molar-refractivity contribution is 7.97. The van der Waals surface area contributed by atoms with Crippen LogP contribution in [0.5, 0.6) is 0 Å². The Hall–Kier alpha value is -3.78. The Labute approximate surface area is 188 Å². The van der Waals surface area contributed by atoms with E-state index in [1.165, 1.54) is 24.6 Å². The summed E-state index contributed by atoms with van der Waals surface area (Å²) in [5.41, 5.74) is 4.03. The van der Waals surface area contributed by atoms with Gasteiger partial charge in [0.2, 0.25) is 0 Å². The number of fused-ring (bicyclic) bond motifs is 2. The number of benzene rings is 2. The molecule has 5 rings (SSSR count). The fraction of sp³-hybridized carbons (Fsp3) is 0.125. The third kappa shape index (κ3) is 3.58. The zero-order valence-corrected chi connectivity index (χ0v) is 18.4. The van der Waals surface area contributed by atoms with Crippen molar-refractivity contribution in [1.82, 2.24) is 23.9 Å². The second kappa shape index (κ2) is 8.39. The third-order valence-corrected chi connectivity index (χ3v) is 6.01. The van der Waals surface area contributed by atoms with Crippen molar-refractivity contribution in [2.24, 2.45) is 0 Å². The first-order valence-corrected chi connectivity index (χ1v) is 11.3. The first-order valence-electron chi connectivity index (χ1n) is 10.1. The molecule has 3 heterocycles. The van der Waals surface area contributed by atoms with Gasteiger partial charge in [0.1, 0.15) is 23.9 Å². The molecule has 0 aliphatic heterocycles. The van der Waals surface area contributed by atoms with Gasteiger partial charge >= 0.3 is 0 Å². The van der Waals surface area contributed by atoms with Crippen molar-refractivity contribution in [2.75, 3.05) is 11.6 Å². The summed E-state index contributed by atoms with van der Waals surface area (Å²) < 4.78 is 1.75. The Morgan fingerprint density at radius 3 is 2.59 bits per heavy atom. The standard InChI is InChI=1S/C24H20N6OS/c1-15(28-22-20-23(26-13-25-22)30(32-2)14-27-24(20)31)18-12-17-10-6-7-11-19(17)29-21(18)16-8-4-3-5-9-16/h3-15H,1-2H3,(H,25,26,28). The summed E-state index contributed by atoms with van der Waals surface area (Å²) >= 11 is 1.42. The molecule has 3 aromatic heterocycles. The SMILES string of the molecule is CSn1cnc(=O)c2c(NC(C)c3cc4ccccc4nc3-c3ccccc3)ncnc21. The summed E-state index contributed by atoms with van der Waals surface area (Å²) in [7, 11) is 0. The molecule has 0 saturated carbocycles. The van der Waals surface area contributed by atoms with Crippen LogP contribution in [-0.2, 0) is 0 Å². The lowest BCUT2D eigenvalue weighted by Gasteiger charge is -2.20. The fourth-order valence-electron chi connectivity index (χ4n) is 3.78. The quantitative estimate of drug-likeness (QED) is 0.424. The summed E-state index contributed by atoms with van der Waals surface area (Å²) in [5.74, 6) is 0.454. The molecule has 0 amide bonds. The van der Waals surface area contributed by atoms with Gasteiger partial charge < -0.3 is 5.32 Å². The minimum atomic E-state index is -0.361. The second-order valence-electron chi connectivity index (χ2n) is 7.33. The van der Waals surface area contributed by atoms with E-state index in [-0.39, 0.29) is 11.6 Å². The van der Waals surface area contributed by atoms with E-state index in [0.717, 1.165) is 27.7 Å². The molecular formula is C24H20N6OS. The number of anilines is 1. The Kier molecular flexibility index (Phi) is 5.28. The number of hydrogen-bond acceptors (Lipinski definition) is 7. The molecule has 32 heavy (non-hydrogen) atoms. The molecule has 2 aromatic carbocycles. The van der Waals surface area contributed by atoms with E-state index in [9.17, 15) is 4.79 Å². The topological polar surface area (TPSA) is 85.6 Å². The second-order valence-corrected chi connectivity index (χ2v) is 8.09. The van der Waals surface area contributed by atoms with Crippen LogP contribution in [0.4, 0.5) is 5.82 Å². The lowest BCUT2D eigenvalue weighted by atomic mass is 9.98. The molecule has 0 radical (unpaired) electrons.